The number of hydrogen-bond donors (Lipinski definition) is 3. The quantitative estimate of drug-likeness (QED) is 0.743. The summed E-state index contributed by atoms with van der Waals surface area (Å²) in [6.45, 7) is 11.2. The number of benzene rings is 1. The third-order valence-electron chi connectivity index (χ3n) is 3.51. The lowest BCUT2D eigenvalue weighted by Gasteiger charge is -2.24. The van der Waals surface area contributed by atoms with Crippen molar-refractivity contribution >= 4 is 11.7 Å². The lowest BCUT2D eigenvalue weighted by molar-refractivity contribution is 0.240. The molecule has 1 atom stereocenters. The molecule has 0 saturated heterocycles. The Balaban J connectivity index is 2.59. The van der Waals surface area contributed by atoms with Crippen LogP contribution in [0.3, 0.4) is 0 Å². The van der Waals surface area contributed by atoms with Crippen molar-refractivity contribution in [3.63, 3.8) is 0 Å². The Morgan fingerprint density at radius 2 is 1.80 bits per heavy atom. The number of rotatable bonds is 6. The molecule has 0 spiro atoms. The Morgan fingerprint density at radius 3 is 2.30 bits per heavy atom. The van der Waals surface area contributed by atoms with Crippen LogP contribution in [0.1, 0.15) is 52.6 Å². The van der Waals surface area contributed by atoms with E-state index in [9.17, 15) is 4.79 Å². The average molecular weight is 277 g/mol. The van der Waals surface area contributed by atoms with Crippen LogP contribution in [0, 0.1) is 0 Å². The fourth-order valence-electron chi connectivity index (χ4n) is 1.84. The summed E-state index contributed by atoms with van der Waals surface area (Å²) in [6, 6.07) is 8.09. The second kappa shape index (κ2) is 7.29. The van der Waals surface area contributed by atoms with Gasteiger partial charge < -0.3 is 16.0 Å². The zero-order valence-corrected chi connectivity index (χ0v) is 13.2. The predicted octanol–water partition coefficient (Wildman–Crippen LogP) is 3.67. The minimum Gasteiger partial charge on any atom is -0.333 e. The number of hydrogen-bond acceptors (Lipinski definition) is 2. The van der Waals surface area contributed by atoms with Gasteiger partial charge in [-0.3, -0.25) is 0 Å². The van der Waals surface area contributed by atoms with Gasteiger partial charge in [-0.1, -0.05) is 26.0 Å². The van der Waals surface area contributed by atoms with Crippen LogP contribution >= 0.6 is 0 Å². The SMILES string of the molecule is CCNC(C)c1ccc(NC(=O)NC(C)(C)CC)cc1. The van der Waals surface area contributed by atoms with E-state index < -0.39 is 0 Å². The molecule has 3 N–H and O–H groups in total. The summed E-state index contributed by atoms with van der Waals surface area (Å²) in [4.78, 5) is 11.9. The van der Waals surface area contributed by atoms with Gasteiger partial charge in [-0.15, -0.1) is 0 Å². The van der Waals surface area contributed by atoms with E-state index in [2.05, 4.69) is 36.7 Å². The van der Waals surface area contributed by atoms with E-state index in [4.69, 9.17) is 0 Å². The van der Waals surface area contributed by atoms with Crippen LogP contribution in [0.2, 0.25) is 0 Å². The fourth-order valence-corrected chi connectivity index (χ4v) is 1.84. The Kier molecular flexibility index (Phi) is 6.02. The molecule has 0 radical (unpaired) electrons. The van der Waals surface area contributed by atoms with Crippen molar-refractivity contribution in [2.45, 2.75) is 52.6 Å². The first kappa shape index (κ1) is 16.5. The average Bonchev–Trinajstić information content (AvgIpc) is 2.39. The van der Waals surface area contributed by atoms with Gasteiger partial charge in [0, 0.05) is 17.3 Å². The van der Waals surface area contributed by atoms with Gasteiger partial charge in [0.25, 0.3) is 0 Å². The molecule has 1 aromatic rings. The van der Waals surface area contributed by atoms with E-state index in [0.29, 0.717) is 6.04 Å². The number of amides is 2. The molecule has 2 amide bonds. The van der Waals surface area contributed by atoms with E-state index in [1.165, 1.54) is 5.56 Å². The van der Waals surface area contributed by atoms with E-state index in [1.54, 1.807) is 0 Å². The number of carbonyl (C=O) groups excluding carboxylic acids is 1. The van der Waals surface area contributed by atoms with Crippen LogP contribution in [0.25, 0.3) is 0 Å². The summed E-state index contributed by atoms with van der Waals surface area (Å²) in [5.41, 5.74) is 1.83. The van der Waals surface area contributed by atoms with Gasteiger partial charge in [0.2, 0.25) is 0 Å². The van der Waals surface area contributed by atoms with Crippen molar-refractivity contribution in [3.8, 4) is 0 Å². The minimum atomic E-state index is -0.191. The zero-order chi connectivity index (χ0) is 15.2. The van der Waals surface area contributed by atoms with E-state index in [1.807, 2.05) is 38.1 Å². The number of anilines is 1. The van der Waals surface area contributed by atoms with Crippen LogP contribution in [-0.4, -0.2) is 18.1 Å². The summed E-state index contributed by atoms with van der Waals surface area (Å²) >= 11 is 0. The van der Waals surface area contributed by atoms with Gasteiger partial charge in [0.05, 0.1) is 0 Å². The maximum atomic E-state index is 11.9. The first-order valence-corrected chi connectivity index (χ1v) is 7.30. The monoisotopic (exact) mass is 277 g/mol. The van der Waals surface area contributed by atoms with Crippen molar-refractivity contribution in [2.24, 2.45) is 0 Å². The summed E-state index contributed by atoms with van der Waals surface area (Å²) in [7, 11) is 0. The Morgan fingerprint density at radius 1 is 1.20 bits per heavy atom. The summed E-state index contributed by atoms with van der Waals surface area (Å²) in [6.07, 6.45) is 0.888. The summed E-state index contributed by atoms with van der Waals surface area (Å²) in [5, 5.41) is 9.17. The van der Waals surface area contributed by atoms with Gasteiger partial charge in [0.1, 0.15) is 0 Å². The molecule has 1 unspecified atom stereocenters. The molecule has 1 aromatic carbocycles. The highest BCUT2D eigenvalue weighted by molar-refractivity contribution is 5.89. The topological polar surface area (TPSA) is 53.2 Å². The fraction of sp³-hybridized carbons (Fsp3) is 0.562. The molecule has 4 nitrogen and oxygen atoms in total. The second-order valence-electron chi connectivity index (χ2n) is 5.72. The zero-order valence-electron chi connectivity index (χ0n) is 13.2. The molecule has 4 heteroatoms. The van der Waals surface area contributed by atoms with Crippen molar-refractivity contribution in [3.05, 3.63) is 29.8 Å². The standard InChI is InChI=1S/C16H27N3O/c1-6-16(4,5)19-15(20)18-14-10-8-13(9-11-14)12(3)17-7-2/h8-12,17H,6-7H2,1-5H3,(H2,18,19,20). The summed E-state index contributed by atoms with van der Waals surface area (Å²) < 4.78 is 0. The number of carbonyl (C=O) groups is 1. The molecular weight excluding hydrogens is 250 g/mol. The first-order valence-electron chi connectivity index (χ1n) is 7.30. The van der Waals surface area contributed by atoms with Gasteiger partial charge in [-0.25, -0.2) is 4.79 Å². The highest BCUT2D eigenvalue weighted by atomic mass is 16.2. The molecule has 112 valence electrons. The normalized spacial score (nSPS) is 12.8. The maximum Gasteiger partial charge on any atom is 0.319 e. The molecule has 0 bridgehead atoms. The van der Waals surface area contributed by atoms with Gasteiger partial charge in [-0.2, -0.15) is 0 Å². The Labute approximate surface area is 122 Å². The Hall–Kier alpha value is -1.55. The van der Waals surface area contributed by atoms with Crippen molar-refractivity contribution < 1.29 is 4.79 Å². The molecular formula is C16H27N3O. The predicted molar refractivity (Wildman–Crippen MR) is 85.1 cm³/mol. The third kappa shape index (κ3) is 5.21. The van der Waals surface area contributed by atoms with Crippen LogP contribution in [0.15, 0.2) is 24.3 Å². The highest BCUT2D eigenvalue weighted by Gasteiger charge is 2.17. The van der Waals surface area contributed by atoms with Gasteiger partial charge >= 0.3 is 6.03 Å². The molecule has 0 aromatic heterocycles. The van der Waals surface area contributed by atoms with Gasteiger partial charge in [-0.05, 0) is 51.4 Å². The van der Waals surface area contributed by atoms with Gasteiger partial charge in [0.15, 0.2) is 0 Å². The molecule has 20 heavy (non-hydrogen) atoms. The summed E-state index contributed by atoms with van der Waals surface area (Å²) in [5.74, 6) is 0. The second-order valence-corrected chi connectivity index (χ2v) is 5.72. The number of nitrogens with one attached hydrogen (secondary N) is 3. The van der Waals surface area contributed by atoms with Crippen LogP contribution in [0.5, 0.6) is 0 Å². The molecule has 1 rings (SSSR count). The van der Waals surface area contributed by atoms with Crippen molar-refractivity contribution in [2.75, 3.05) is 11.9 Å². The van der Waals surface area contributed by atoms with E-state index >= 15 is 0 Å². The lowest BCUT2D eigenvalue weighted by Crippen LogP contribution is -2.45. The smallest absolute Gasteiger partial charge is 0.319 e. The molecule has 0 heterocycles. The van der Waals surface area contributed by atoms with Crippen LogP contribution in [-0.2, 0) is 0 Å². The van der Waals surface area contributed by atoms with E-state index in [-0.39, 0.29) is 11.6 Å². The Bertz CT molecular complexity index is 426. The first-order chi connectivity index (χ1) is 9.38. The molecule has 0 aliphatic carbocycles. The van der Waals surface area contributed by atoms with Crippen LogP contribution < -0.4 is 16.0 Å². The molecule has 0 aliphatic rings. The molecule has 0 fully saturated rings. The molecule has 0 aliphatic heterocycles. The third-order valence-corrected chi connectivity index (χ3v) is 3.51. The lowest BCUT2D eigenvalue weighted by atomic mass is 10.0. The molecule has 0 saturated carbocycles. The minimum absolute atomic E-state index is 0.163. The number of urea groups is 1. The van der Waals surface area contributed by atoms with Crippen molar-refractivity contribution in [1.29, 1.82) is 0 Å². The largest absolute Gasteiger partial charge is 0.333 e. The van der Waals surface area contributed by atoms with Crippen LogP contribution in [0.4, 0.5) is 10.5 Å². The maximum absolute atomic E-state index is 11.9. The van der Waals surface area contributed by atoms with Crippen molar-refractivity contribution in [1.82, 2.24) is 10.6 Å². The highest BCUT2D eigenvalue weighted by Crippen LogP contribution is 2.16. The van der Waals surface area contributed by atoms with E-state index in [0.717, 1.165) is 18.7 Å².